The number of likely N-dealkylation sites (N-methyl/N-ethyl adjacent to an activating group) is 1. The fourth-order valence-electron chi connectivity index (χ4n) is 17.6. The molecule has 32 nitrogen and oxygen atoms in total. The van der Waals surface area contributed by atoms with Gasteiger partial charge in [-0.05, 0) is 221 Å². The third-order valence-electron chi connectivity index (χ3n) is 25.1. The van der Waals surface area contributed by atoms with Gasteiger partial charge in [0.2, 0.25) is 17.8 Å². The monoisotopic (exact) mass is 1960 g/mol. The van der Waals surface area contributed by atoms with Crippen LogP contribution in [0.15, 0.2) is 308 Å². The molecule has 10 aromatic heterocycles. The number of sulfone groups is 1. The average molecular weight is 1960 g/mol. The maximum Gasteiger partial charge on any atom is 0.403 e. The van der Waals surface area contributed by atoms with E-state index in [4.69, 9.17) is 19.4 Å². The summed E-state index contributed by atoms with van der Waals surface area (Å²) in [4.78, 5) is 95.2. The van der Waals surface area contributed by atoms with Crippen molar-refractivity contribution in [3.8, 4) is 11.5 Å². The lowest BCUT2D eigenvalue weighted by molar-refractivity contribution is -0.106. The van der Waals surface area contributed by atoms with Crippen LogP contribution in [0.4, 0.5) is 65.1 Å². The van der Waals surface area contributed by atoms with Gasteiger partial charge >= 0.3 is 6.18 Å². The number of allylic oxidation sites excluding steroid dienone is 1. The molecule has 720 valence electrons. The summed E-state index contributed by atoms with van der Waals surface area (Å²) in [5, 5.41) is 25.8. The Morgan fingerprint density at radius 3 is 1.77 bits per heavy atom. The molecule has 6 aromatic carbocycles. The van der Waals surface area contributed by atoms with E-state index in [1.54, 1.807) is 78.1 Å². The van der Waals surface area contributed by atoms with Crippen LogP contribution in [0.5, 0.6) is 11.5 Å². The number of piperidine rings is 1. The fourth-order valence-corrected chi connectivity index (χ4v) is 21.2. The van der Waals surface area contributed by atoms with E-state index in [-0.39, 0.29) is 58.1 Å². The van der Waals surface area contributed by atoms with Crippen LogP contribution in [0.1, 0.15) is 83.0 Å². The van der Waals surface area contributed by atoms with E-state index in [1.807, 2.05) is 158 Å². The number of rotatable bonds is 27. The highest BCUT2D eigenvalue weighted by molar-refractivity contribution is 7.91. The van der Waals surface area contributed by atoms with Gasteiger partial charge in [0, 0.05) is 174 Å². The van der Waals surface area contributed by atoms with Crippen LogP contribution in [-0.2, 0) is 55.8 Å². The van der Waals surface area contributed by atoms with Crippen molar-refractivity contribution in [3.63, 3.8) is 0 Å². The minimum absolute atomic E-state index is 0.00608. The maximum atomic E-state index is 14.3. The number of anilines is 9. The van der Waals surface area contributed by atoms with Gasteiger partial charge in [-0.2, -0.15) is 38.3 Å². The van der Waals surface area contributed by atoms with E-state index in [0.717, 1.165) is 99.5 Å². The largest absolute Gasteiger partial charge is 0.451 e. The van der Waals surface area contributed by atoms with Crippen LogP contribution in [0.2, 0.25) is 0 Å². The number of pyridine rings is 5. The number of para-hydroxylation sites is 2. The van der Waals surface area contributed by atoms with Crippen LogP contribution in [0.3, 0.4) is 0 Å². The van der Waals surface area contributed by atoms with Crippen molar-refractivity contribution in [3.05, 3.63) is 339 Å². The number of hydrogen-bond acceptors (Lipinski definition) is 29. The summed E-state index contributed by atoms with van der Waals surface area (Å²) < 4.78 is 108. The van der Waals surface area contributed by atoms with Crippen LogP contribution < -0.4 is 57.8 Å². The summed E-state index contributed by atoms with van der Waals surface area (Å²) in [6.45, 7) is 14.6. The zero-order valence-corrected chi connectivity index (χ0v) is 79.7. The third-order valence-corrected chi connectivity index (χ3v) is 29.7. The number of alkyl halides is 3. The number of fused-ring (bicyclic) bond motifs is 3. The minimum Gasteiger partial charge on any atom is -0.451 e. The first-order chi connectivity index (χ1) is 68.5. The van der Waals surface area contributed by atoms with E-state index in [1.165, 1.54) is 45.6 Å². The molecule has 0 amide bonds. The predicted octanol–water partition coefficient (Wildman–Crippen LogP) is 15.4. The van der Waals surface area contributed by atoms with Gasteiger partial charge in [-0.25, -0.2) is 41.8 Å². The molecular weight excluding hydrogens is 1860 g/mol. The Labute approximate surface area is 814 Å². The quantitative estimate of drug-likeness (QED) is 0.0299. The molecule has 20 rings (SSSR count). The number of ether oxygens (including phenoxy) is 2. The lowest BCUT2D eigenvalue weighted by Crippen LogP contribution is -2.43. The second-order valence-electron chi connectivity index (χ2n) is 34.6. The van der Waals surface area contributed by atoms with E-state index in [9.17, 15) is 44.4 Å². The van der Waals surface area contributed by atoms with E-state index < -0.39 is 65.9 Å². The number of hydrogen-bond donors (Lipinski definition) is 5. The highest BCUT2D eigenvalue weighted by atomic mass is 32.2. The van der Waals surface area contributed by atoms with Gasteiger partial charge in [0.1, 0.15) is 50.5 Å². The Hall–Kier alpha value is -14.9. The number of halogens is 3. The molecule has 0 radical (unpaired) electrons. The van der Waals surface area contributed by atoms with Gasteiger partial charge < -0.3 is 50.8 Å². The number of aromatic nitrogens is 15. The molecule has 141 heavy (non-hydrogen) atoms. The lowest BCUT2D eigenvalue weighted by atomic mass is 9.88. The fraction of sp³-hybridized carbons (Fsp3) is 0.252. The minimum atomic E-state index is -4.98. The number of piperazine rings is 1. The molecule has 0 spiro atoms. The molecule has 4 fully saturated rings. The van der Waals surface area contributed by atoms with Crippen molar-refractivity contribution >= 4 is 122 Å². The Balaban J connectivity index is 0.000000140. The van der Waals surface area contributed by atoms with E-state index in [0.29, 0.717) is 126 Å². The van der Waals surface area contributed by atoms with Crippen molar-refractivity contribution < 1.29 is 39.5 Å². The Morgan fingerprint density at radius 2 is 1.14 bits per heavy atom. The molecule has 4 aliphatic heterocycles. The number of aryl methyl sites for hydroxylation is 1. The van der Waals surface area contributed by atoms with Gasteiger partial charge in [0.25, 0.3) is 16.7 Å². The lowest BCUT2D eigenvalue weighted by Gasteiger charge is -2.29. The predicted molar refractivity (Wildman–Crippen MR) is 537 cm³/mol. The zero-order chi connectivity index (χ0) is 97.7. The molecule has 16 aromatic rings. The van der Waals surface area contributed by atoms with Crippen molar-refractivity contribution in [1.82, 2.24) is 89.3 Å². The standard InChI is InChI=1S/C37H35N7O2S.C35H32N8O3S.C31H33F3N8O4S/c1-42-21-19-27(24-42)26-15-17-29(18-16-26)40-37-39-23-28-22-33(43(2)30-10-5-3-6-11-30)36(45)44(35(28)41-37)25-32-34(14-9-20-38-32)47(46)31-12-7-4-8-13-31;1-23-5-2-3-7-30(23)46-31-17-26-20-39-35(41-28-10-8-24(9-11-28)25-6-4-14-37-18-25)42-32(26)43(34(31)44)21-27-19-38-22-40-33(27)47(45)29-12-15-36-16-13-29;1-20(21-6-12-46-13-7-21)26-14-22-15-36-30(39-24-2-4-25(5-3-24)41-10-8-35-9-11-41)40-28(22)42(29(26)43)18-23-16-37-38-17-27(23)47(44,45)19-31(32,33)34/h3-18,20,22-23,27H,19,21,24-25H2,1-2H3,(H,39,40,41);2-3,5,7-13,15-17,19-20,22,25,37H,4,6,14,18,21H2,1H3,(H,39,41,42);2-5,14-17,21,35H,1,6-13,18-19H2,(H,36,39,40). The number of nitrogens with one attached hydrogen (secondary N) is 5. The molecule has 4 saturated heterocycles. The van der Waals surface area contributed by atoms with E-state index in [2.05, 4.69) is 124 Å². The Bertz CT molecular complexity index is 7580. The topological polar surface area (TPSA) is 377 Å². The summed E-state index contributed by atoms with van der Waals surface area (Å²) in [6, 6.07) is 62.9. The van der Waals surface area contributed by atoms with Crippen molar-refractivity contribution in [2.45, 2.75) is 101 Å². The first kappa shape index (κ1) is 96.3. The van der Waals surface area contributed by atoms with Crippen LogP contribution >= 0.6 is 0 Å². The van der Waals surface area contributed by atoms with Gasteiger partial charge in [-0.15, -0.1) is 0 Å². The highest BCUT2D eigenvalue weighted by Gasteiger charge is 2.38. The van der Waals surface area contributed by atoms with Crippen LogP contribution in [-0.4, -0.2) is 187 Å². The molecule has 0 saturated carbocycles. The molecule has 14 heterocycles. The normalized spacial score (nSPS) is 15.7. The first-order valence-corrected chi connectivity index (χ1v) is 50.0. The summed E-state index contributed by atoms with van der Waals surface area (Å²) in [5.41, 5.74) is 9.80. The molecule has 4 atom stereocenters. The summed E-state index contributed by atoms with van der Waals surface area (Å²) in [5.74, 6) is 0.456. The number of nitrogens with zero attached hydrogens (tertiary/aromatic N) is 18. The molecule has 5 N–H and O–H groups in total. The average Bonchev–Trinajstić information content (AvgIpc) is 1.26. The van der Waals surface area contributed by atoms with Crippen LogP contribution in [0, 0.1) is 12.8 Å². The number of benzene rings is 6. The molecule has 0 bridgehead atoms. The molecule has 0 aliphatic carbocycles. The van der Waals surface area contributed by atoms with Gasteiger partial charge in [-0.3, -0.25) is 38.1 Å². The Morgan fingerprint density at radius 1 is 0.560 bits per heavy atom. The zero-order valence-electron chi connectivity index (χ0n) is 77.3. The smallest absolute Gasteiger partial charge is 0.403 e. The summed E-state index contributed by atoms with van der Waals surface area (Å²) in [7, 11) is -3.96. The molecule has 4 aliphatic rings. The van der Waals surface area contributed by atoms with Crippen molar-refractivity contribution in [1.29, 1.82) is 0 Å². The van der Waals surface area contributed by atoms with Gasteiger partial charge in [0.15, 0.2) is 21.3 Å². The third kappa shape index (κ3) is 23.0. The second-order valence-corrected chi connectivity index (χ2v) is 39.4. The van der Waals surface area contributed by atoms with Crippen LogP contribution in [0.25, 0.3) is 38.7 Å². The van der Waals surface area contributed by atoms with Crippen molar-refractivity contribution in [2.75, 3.05) is 111 Å². The maximum absolute atomic E-state index is 14.3. The van der Waals surface area contributed by atoms with E-state index >= 15 is 0 Å². The molecule has 38 heteroatoms. The number of likely N-dealkylation sites (tertiary alicyclic amines) is 1. The van der Waals surface area contributed by atoms with Gasteiger partial charge in [-0.1, -0.05) is 85.4 Å². The Kier molecular flexibility index (Phi) is 29.8. The summed E-state index contributed by atoms with van der Waals surface area (Å²) in [6.07, 6.45) is 14.3. The SMILES string of the molecule is C=C(c1cc2cnc(Nc3ccc(N4CCNCC4)cc3)nc2n(Cc2cnncc2S(=O)(=O)CC(F)(F)F)c1=O)C1CCOCC1.CN1CCC(c2ccc(Nc3ncc4cc(N(C)c5ccccc5)c(=O)n(Cc5ncccc5S(=O)c5ccccc5)c4n3)cc2)C1.Cc1ccccc1Oc1cc2cnc(Nc3ccc(C4CCCNC4)cc3)nc2n(Cc2cncnc2S(=O)c2ccncc2)c1=O. The summed E-state index contributed by atoms with van der Waals surface area (Å²) >= 11 is 0. The molecular formula is C103H100F3N23O9S3. The molecule has 4 unspecified atom stereocenters. The van der Waals surface area contributed by atoms with Crippen molar-refractivity contribution in [2.24, 2.45) is 5.92 Å². The highest BCUT2D eigenvalue weighted by Crippen LogP contribution is 2.37. The first-order valence-electron chi connectivity index (χ1n) is 46.0. The second kappa shape index (κ2) is 43.6. The van der Waals surface area contributed by atoms with Gasteiger partial charge in [0.05, 0.1) is 58.3 Å².